The zero-order valence-corrected chi connectivity index (χ0v) is 21.9. The maximum Gasteiger partial charge on any atom is 0.429 e. The van der Waals surface area contributed by atoms with E-state index >= 15 is 13.2 Å². The number of benzene rings is 3. The summed E-state index contributed by atoms with van der Waals surface area (Å²) in [5.41, 5.74) is -3.21. The summed E-state index contributed by atoms with van der Waals surface area (Å²) in [6, 6.07) is 9.16. The van der Waals surface area contributed by atoms with Crippen LogP contribution in [-0.4, -0.2) is 0 Å². The molecule has 1 aliphatic rings. The molecule has 0 radical (unpaired) electrons. The van der Waals surface area contributed by atoms with Crippen molar-refractivity contribution < 1.29 is 39.9 Å². The molecule has 1 nitrogen and oxygen atoms in total. The molecule has 0 unspecified atom stereocenters. The van der Waals surface area contributed by atoms with Crippen molar-refractivity contribution in [2.75, 3.05) is 0 Å². The van der Waals surface area contributed by atoms with Crippen molar-refractivity contribution in [3.8, 4) is 16.9 Å². The van der Waals surface area contributed by atoms with Gasteiger partial charge < -0.3 is 4.74 Å². The maximum atomic E-state index is 15.2. The van der Waals surface area contributed by atoms with Crippen molar-refractivity contribution in [2.45, 2.75) is 76.5 Å². The van der Waals surface area contributed by atoms with Gasteiger partial charge in [0.05, 0.1) is 5.56 Å². The fourth-order valence-corrected chi connectivity index (χ4v) is 5.48. The van der Waals surface area contributed by atoms with Crippen LogP contribution in [0.4, 0.5) is 35.1 Å². The van der Waals surface area contributed by atoms with Crippen LogP contribution < -0.4 is 4.74 Å². The first-order valence-electron chi connectivity index (χ1n) is 13.4. The van der Waals surface area contributed by atoms with E-state index in [1.807, 2.05) is 0 Å². The Kier molecular flexibility index (Phi) is 9.10. The van der Waals surface area contributed by atoms with E-state index in [0.29, 0.717) is 23.6 Å². The lowest BCUT2D eigenvalue weighted by molar-refractivity contribution is -0.187. The van der Waals surface area contributed by atoms with Gasteiger partial charge in [0.2, 0.25) is 0 Å². The number of unbranched alkanes of at least 4 members (excludes halogenated alkanes) is 2. The predicted molar refractivity (Wildman–Crippen MR) is 137 cm³/mol. The Morgan fingerprint density at radius 3 is 2.02 bits per heavy atom. The summed E-state index contributed by atoms with van der Waals surface area (Å²) in [6.07, 6.45) is -1.00. The summed E-state index contributed by atoms with van der Waals surface area (Å²) in [6.45, 7) is 2.16. The van der Waals surface area contributed by atoms with Crippen LogP contribution in [0.25, 0.3) is 11.1 Å². The Morgan fingerprint density at radius 1 is 0.775 bits per heavy atom. The van der Waals surface area contributed by atoms with Gasteiger partial charge in [-0.25, -0.2) is 13.2 Å². The third-order valence-electron chi connectivity index (χ3n) is 7.60. The van der Waals surface area contributed by atoms with Crippen LogP contribution >= 0.6 is 0 Å². The minimum Gasteiger partial charge on any atom is -0.428 e. The van der Waals surface area contributed by atoms with Crippen LogP contribution in [-0.2, 0) is 12.3 Å². The minimum absolute atomic E-state index is 0.0747. The Morgan fingerprint density at radius 2 is 1.43 bits per heavy atom. The zero-order chi connectivity index (χ0) is 29.1. The average Bonchev–Trinajstić information content (AvgIpc) is 2.88. The summed E-state index contributed by atoms with van der Waals surface area (Å²) >= 11 is 0. The summed E-state index contributed by atoms with van der Waals surface area (Å²) in [4.78, 5) is 0. The minimum atomic E-state index is -5.28. The van der Waals surface area contributed by atoms with Gasteiger partial charge in [-0.2, -0.15) is 22.0 Å². The lowest BCUT2D eigenvalue weighted by Crippen LogP contribution is -2.24. The average molecular weight is 571 g/mol. The molecule has 0 saturated heterocycles. The molecule has 3 aromatic carbocycles. The van der Waals surface area contributed by atoms with E-state index < -0.39 is 52.2 Å². The highest BCUT2D eigenvalue weighted by atomic mass is 19.4. The largest absolute Gasteiger partial charge is 0.429 e. The van der Waals surface area contributed by atoms with Gasteiger partial charge in [-0.15, -0.1) is 0 Å². The Hall–Kier alpha value is -3.10. The number of hydrogen-bond acceptors (Lipinski definition) is 1. The first-order chi connectivity index (χ1) is 18.9. The van der Waals surface area contributed by atoms with Gasteiger partial charge in [-0.1, -0.05) is 56.9 Å². The molecule has 216 valence electrons. The number of ether oxygens (including phenoxy) is 1. The molecular formula is C31H30F8O. The molecule has 0 atom stereocenters. The number of hydrogen-bond donors (Lipinski definition) is 0. The molecule has 3 aromatic rings. The van der Waals surface area contributed by atoms with Crippen molar-refractivity contribution in [3.63, 3.8) is 0 Å². The summed E-state index contributed by atoms with van der Waals surface area (Å²) in [5.74, 6) is -4.84. The number of para-hydroxylation sites is 1. The second-order valence-corrected chi connectivity index (χ2v) is 10.4. The molecule has 0 aromatic heterocycles. The lowest BCUT2D eigenvalue weighted by Gasteiger charge is -2.29. The Labute approximate surface area is 228 Å². The molecule has 0 aliphatic heterocycles. The van der Waals surface area contributed by atoms with E-state index in [1.165, 1.54) is 37.5 Å². The van der Waals surface area contributed by atoms with Gasteiger partial charge in [0.1, 0.15) is 28.8 Å². The van der Waals surface area contributed by atoms with Gasteiger partial charge >= 0.3 is 12.3 Å². The fraction of sp³-hybridized carbons (Fsp3) is 0.419. The fourth-order valence-electron chi connectivity index (χ4n) is 5.48. The first kappa shape index (κ1) is 29.9. The van der Waals surface area contributed by atoms with E-state index in [1.54, 1.807) is 0 Å². The van der Waals surface area contributed by atoms with Crippen molar-refractivity contribution in [2.24, 2.45) is 5.92 Å². The van der Waals surface area contributed by atoms with E-state index in [-0.39, 0.29) is 11.5 Å². The molecule has 0 spiro atoms. The molecule has 40 heavy (non-hydrogen) atoms. The number of halogens is 8. The number of alkyl halides is 5. The van der Waals surface area contributed by atoms with Crippen molar-refractivity contribution in [3.05, 3.63) is 88.7 Å². The first-order valence-corrected chi connectivity index (χ1v) is 13.4. The van der Waals surface area contributed by atoms with Crippen LogP contribution in [0.3, 0.4) is 0 Å². The third-order valence-corrected chi connectivity index (χ3v) is 7.60. The van der Waals surface area contributed by atoms with Gasteiger partial charge in [0.15, 0.2) is 0 Å². The molecule has 9 heteroatoms. The predicted octanol–water partition coefficient (Wildman–Crippen LogP) is 10.8. The highest BCUT2D eigenvalue weighted by Crippen LogP contribution is 2.42. The molecule has 1 fully saturated rings. The molecule has 1 saturated carbocycles. The SMILES string of the molecule is CCCCCC1CCC(c2ccc(C(F)(F)Oc3ccccc3-c3cc(F)c(C(F)(F)F)c(F)c3)c(F)c2)CC1. The quantitative estimate of drug-likeness (QED) is 0.184. The topological polar surface area (TPSA) is 9.23 Å². The Balaban J connectivity index is 1.53. The molecule has 1 aliphatic carbocycles. The van der Waals surface area contributed by atoms with E-state index in [9.17, 15) is 22.0 Å². The highest BCUT2D eigenvalue weighted by molar-refractivity contribution is 5.71. The molecule has 0 N–H and O–H groups in total. The smallest absolute Gasteiger partial charge is 0.428 e. The number of rotatable bonds is 9. The summed E-state index contributed by atoms with van der Waals surface area (Å²) in [5, 5.41) is 0. The second kappa shape index (κ2) is 12.2. The molecule has 4 rings (SSSR count). The van der Waals surface area contributed by atoms with Crippen LogP contribution in [0, 0.1) is 23.4 Å². The third kappa shape index (κ3) is 6.78. The van der Waals surface area contributed by atoms with Crippen LogP contribution in [0.1, 0.15) is 80.9 Å². The summed E-state index contributed by atoms with van der Waals surface area (Å²) in [7, 11) is 0. The molecular weight excluding hydrogens is 540 g/mol. The van der Waals surface area contributed by atoms with E-state index in [2.05, 4.69) is 6.92 Å². The molecule has 0 amide bonds. The van der Waals surface area contributed by atoms with Crippen molar-refractivity contribution in [1.29, 1.82) is 0 Å². The second-order valence-electron chi connectivity index (χ2n) is 10.4. The zero-order valence-electron chi connectivity index (χ0n) is 21.9. The Bertz CT molecular complexity index is 1290. The molecule has 0 heterocycles. The van der Waals surface area contributed by atoms with Gasteiger partial charge in [-0.3, -0.25) is 0 Å². The molecule has 0 bridgehead atoms. The van der Waals surface area contributed by atoms with Gasteiger partial charge in [0.25, 0.3) is 0 Å². The standard InChI is InChI=1S/C31H30F8O/c1-2-3-4-7-19-10-12-20(13-11-19)21-14-15-24(25(32)16-21)31(38,39)40-28-9-6-5-8-23(28)22-17-26(33)29(27(34)18-22)30(35,36)37/h5-6,8-9,14-20H,2-4,7,10-13H2,1H3. The normalized spacial score (nSPS) is 18.1. The van der Waals surface area contributed by atoms with Crippen molar-refractivity contribution >= 4 is 0 Å². The lowest BCUT2D eigenvalue weighted by atomic mass is 9.77. The van der Waals surface area contributed by atoms with Gasteiger partial charge in [0, 0.05) is 5.56 Å². The van der Waals surface area contributed by atoms with Crippen LogP contribution in [0.15, 0.2) is 54.6 Å². The highest BCUT2D eigenvalue weighted by Gasteiger charge is 2.40. The van der Waals surface area contributed by atoms with Crippen LogP contribution in [0.5, 0.6) is 5.75 Å². The summed E-state index contributed by atoms with van der Waals surface area (Å²) < 4.78 is 117. The monoisotopic (exact) mass is 570 g/mol. The van der Waals surface area contributed by atoms with Crippen LogP contribution in [0.2, 0.25) is 0 Å². The van der Waals surface area contributed by atoms with Crippen molar-refractivity contribution in [1.82, 2.24) is 0 Å². The maximum absolute atomic E-state index is 15.2. The van der Waals surface area contributed by atoms with E-state index in [4.69, 9.17) is 4.74 Å². The van der Waals surface area contributed by atoms with E-state index in [0.717, 1.165) is 56.4 Å². The van der Waals surface area contributed by atoms with Gasteiger partial charge in [-0.05, 0) is 79.0 Å².